The van der Waals surface area contributed by atoms with Crippen LogP contribution in [0.3, 0.4) is 0 Å². The summed E-state index contributed by atoms with van der Waals surface area (Å²) in [6.07, 6.45) is 0. The first-order chi connectivity index (χ1) is 18.0. The second kappa shape index (κ2) is 6.96. The zero-order chi connectivity index (χ0) is 29.3. The van der Waals surface area contributed by atoms with Crippen molar-refractivity contribution in [3.63, 3.8) is 0 Å². The molecule has 0 amide bonds. The lowest BCUT2D eigenvalue weighted by molar-refractivity contribution is 0.590. The van der Waals surface area contributed by atoms with Gasteiger partial charge in [-0.3, -0.25) is 0 Å². The van der Waals surface area contributed by atoms with Crippen molar-refractivity contribution in [1.82, 2.24) is 0 Å². The van der Waals surface area contributed by atoms with Crippen LogP contribution in [-0.2, 0) is 12.0 Å². The molecule has 2 nitrogen and oxygen atoms in total. The Kier molecular flexibility index (Phi) is 2.15. The van der Waals surface area contributed by atoms with Gasteiger partial charge in [-0.15, -0.1) is 0 Å². The molecule has 4 aromatic rings. The lowest BCUT2D eigenvalue weighted by Crippen LogP contribution is -2.11. The molecule has 0 saturated heterocycles. The highest BCUT2D eigenvalue weighted by Crippen LogP contribution is 2.32. The Bertz CT molecular complexity index is 1610. The predicted octanol–water partition coefficient (Wildman–Crippen LogP) is 7.01. The Morgan fingerprint density at radius 3 is 2.37 bits per heavy atom. The molecule has 2 heteroatoms. The average molecular weight is 368 g/mol. The van der Waals surface area contributed by atoms with Crippen molar-refractivity contribution in [1.29, 1.82) is 0 Å². The molecule has 1 N–H and O–H groups in total. The van der Waals surface area contributed by atoms with Gasteiger partial charge in [-0.05, 0) is 34.7 Å². The summed E-state index contributed by atoms with van der Waals surface area (Å²) in [5, 5.41) is 2.96. The highest BCUT2D eigenvalue weighted by molar-refractivity contribution is 5.93. The van der Waals surface area contributed by atoms with Crippen LogP contribution in [0.1, 0.15) is 48.3 Å². The third-order valence-corrected chi connectivity index (χ3v) is 3.95. The quantitative estimate of drug-likeness (QED) is 0.419. The van der Waals surface area contributed by atoms with Gasteiger partial charge >= 0.3 is 0 Å². The molecule has 0 aliphatic rings. The van der Waals surface area contributed by atoms with Gasteiger partial charge in [0, 0.05) is 23.2 Å². The van der Waals surface area contributed by atoms with Crippen LogP contribution in [0.4, 0.5) is 5.69 Å². The van der Waals surface area contributed by atoms with E-state index in [1.165, 1.54) is 6.07 Å². The molecule has 4 rings (SSSR count). The molecule has 0 fully saturated rings. The fraction of sp³-hybridized carbons (Fsp3) is 0.200. The lowest BCUT2D eigenvalue weighted by atomic mass is 9.87. The first-order valence-corrected chi connectivity index (χ1v) is 8.44. The summed E-state index contributed by atoms with van der Waals surface area (Å²) in [6, 6.07) is -3.56. The standard InChI is InChI=1S/C25H25NO/c1-25(2,3)20-14-12-18(13-15-20)17-26-22-10-7-11-23-21(22)16-24(27-23)19-8-5-4-6-9-19/h4-16,26H,17H2,1-3H3/i4D,5D,6D,7D,8D,9D,11D,12D,13D,14D,15D,16D. The molecule has 0 unspecified atom stereocenters. The molecule has 0 aliphatic carbocycles. The number of rotatable bonds is 4. The minimum atomic E-state index is -0.626. The van der Waals surface area contributed by atoms with Gasteiger partial charge in [0.15, 0.2) is 0 Å². The average Bonchev–Trinajstić information content (AvgIpc) is 3.19. The molecule has 1 aromatic heterocycles. The molecule has 0 spiro atoms. The van der Waals surface area contributed by atoms with Crippen LogP contribution in [0.25, 0.3) is 22.3 Å². The van der Waals surface area contributed by atoms with Crippen molar-refractivity contribution in [3.05, 3.63) is 89.7 Å². The topological polar surface area (TPSA) is 25.2 Å². The summed E-state index contributed by atoms with van der Waals surface area (Å²) < 4.78 is 105. The molecule has 1 heterocycles. The number of nitrogens with one attached hydrogen (secondary N) is 1. The summed E-state index contributed by atoms with van der Waals surface area (Å²) in [6.45, 7) is 5.18. The molecule has 0 bridgehead atoms. The summed E-state index contributed by atoms with van der Waals surface area (Å²) in [7, 11) is 0. The van der Waals surface area contributed by atoms with Crippen LogP contribution in [-0.4, -0.2) is 0 Å². The zero-order valence-electron chi connectivity index (χ0n) is 27.2. The zero-order valence-corrected chi connectivity index (χ0v) is 15.2. The maximum absolute atomic E-state index is 8.74. The molecule has 0 atom stereocenters. The second-order valence-electron chi connectivity index (χ2n) is 7.04. The van der Waals surface area contributed by atoms with Crippen molar-refractivity contribution >= 4 is 16.7 Å². The third kappa shape index (κ3) is 3.75. The number of hydrogen-bond donors (Lipinski definition) is 1. The maximum atomic E-state index is 8.74. The van der Waals surface area contributed by atoms with Gasteiger partial charge in [0.1, 0.15) is 11.3 Å². The van der Waals surface area contributed by atoms with Crippen LogP contribution in [0.5, 0.6) is 0 Å². The summed E-state index contributed by atoms with van der Waals surface area (Å²) in [5.41, 5.74) is -0.722. The maximum Gasteiger partial charge on any atom is 0.136 e. The molecule has 0 saturated carbocycles. The lowest BCUT2D eigenvalue weighted by Gasteiger charge is -2.19. The highest BCUT2D eigenvalue weighted by atomic mass is 16.3. The van der Waals surface area contributed by atoms with Crippen LogP contribution < -0.4 is 5.32 Å². The van der Waals surface area contributed by atoms with Crippen LogP contribution in [0, 0.1) is 0 Å². The number of anilines is 1. The highest BCUT2D eigenvalue weighted by Gasteiger charge is 2.13. The van der Waals surface area contributed by atoms with Crippen molar-refractivity contribution in [2.75, 3.05) is 5.32 Å². The Labute approximate surface area is 177 Å². The molecule has 0 aliphatic heterocycles. The van der Waals surface area contributed by atoms with E-state index in [2.05, 4.69) is 5.32 Å². The molecule has 27 heavy (non-hydrogen) atoms. The predicted molar refractivity (Wildman–Crippen MR) is 114 cm³/mol. The van der Waals surface area contributed by atoms with E-state index >= 15 is 0 Å². The molecular formula is C25H25NO. The normalized spacial score (nSPS) is 17.9. The van der Waals surface area contributed by atoms with E-state index in [-0.39, 0.29) is 87.9 Å². The first-order valence-electron chi connectivity index (χ1n) is 14.4. The monoisotopic (exact) mass is 367 g/mol. The van der Waals surface area contributed by atoms with Crippen molar-refractivity contribution < 1.29 is 20.9 Å². The van der Waals surface area contributed by atoms with Gasteiger partial charge in [0.25, 0.3) is 0 Å². The number of hydrogen-bond acceptors (Lipinski definition) is 2. The number of benzene rings is 3. The number of furan rings is 1. The Balaban J connectivity index is 1.89. The Morgan fingerprint density at radius 1 is 0.926 bits per heavy atom. The molecular weight excluding hydrogens is 330 g/mol. The van der Waals surface area contributed by atoms with Gasteiger partial charge in [0.2, 0.25) is 0 Å². The van der Waals surface area contributed by atoms with E-state index in [1.807, 2.05) is 0 Å². The van der Waals surface area contributed by atoms with Gasteiger partial charge in [0.05, 0.1) is 16.4 Å². The molecule has 0 radical (unpaired) electrons. The van der Waals surface area contributed by atoms with Crippen molar-refractivity contribution in [2.45, 2.75) is 32.7 Å². The van der Waals surface area contributed by atoms with Gasteiger partial charge in [-0.2, -0.15) is 0 Å². The van der Waals surface area contributed by atoms with Crippen LogP contribution in [0.2, 0.25) is 0 Å². The summed E-state index contributed by atoms with van der Waals surface area (Å²) >= 11 is 0. The Hall–Kier alpha value is -3.00. The molecule has 136 valence electrons. The van der Waals surface area contributed by atoms with E-state index < -0.39 is 35.6 Å². The van der Waals surface area contributed by atoms with Crippen molar-refractivity contribution in [2.24, 2.45) is 0 Å². The largest absolute Gasteiger partial charge is 0.456 e. The second-order valence-corrected chi connectivity index (χ2v) is 7.04. The van der Waals surface area contributed by atoms with E-state index in [0.29, 0.717) is 0 Å². The van der Waals surface area contributed by atoms with E-state index in [1.54, 1.807) is 20.8 Å². The first kappa shape index (κ1) is 8.35. The summed E-state index contributed by atoms with van der Waals surface area (Å²) in [4.78, 5) is 0. The van der Waals surface area contributed by atoms with Crippen molar-refractivity contribution in [3.8, 4) is 11.3 Å². The van der Waals surface area contributed by atoms with Crippen LogP contribution in [0.15, 0.2) is 83.0 Å². The Morgan fingerprint density at radius 2 is 1.67 bits per heavy atom. The smallest absolute Gasteiger partial charge is 0.136 e. The van der Waals surface area contributed by atoms with Gasteiger partial charge in [-0.1, -0.05) is 81.2 Å². The molecule has 3 aromatic carbocycles. The fourth-order valence-corrected chi connectivity index (χ4v) is 2.47. The van der Waals surface area contributed by atoms with Gasteiger partial charge < -0.3 is 9.73 Å². The van der Waals surface area contributed by atoms with E-state index in [4.69, 9.17) is 20.9 Å². The SMILES string of the molecule is [2H]c1cc(NCc2c([2H])c([2H])c(C(C)(C)C)c([2H])c2[2H])c2c([2H])c(-c3c([2H])c([2H])c([2H])c([2H])c3[2H])oc2c1[2H]. The van der Waals surface area contributed by atoms with Crippen LogP contribution >= 0.6 is 0 Å². The number of fused-ring (bicyclic) bond motifs is 1. The minimum Gasteiger partial charge on any atom is -0.456 e. The third-order valence-electron chi connectivity index (χ3n) is 3.95. The minimum absolute atomic E-state index is 0.0133. The van der Waals surface area contributed by atoms with Gasteiger partial charge in [-0.25, -0.2) is 0 Å². The van der Waals surface area contributed by atoms with E-state index in [0.717, 1.165) is 0 Å². The summed E-state index contributed by atoms with van der Waals surface area (Å²) in [5.74, 6) is -0.358. The fourth-order valence-electron chi connectivity index (χ4n) is 2.47. The van der Waals surface area contributed by atoms with E-state index in [9.17, 15) is 0 Å².